The van der Waals surface area contributed by atoms with Gasteiger partial charge in [0.05, 0.1) is 5.56 Å². The molecule has 0 unspecified atom stereocenters. The van der Waals surface area contributed by atoms with E-state index < -0.39 is 29.9 Å². The van der Waals surface area contributed by atoms with Gasteiger partial charge in [-0.25, -0.2) is 4.79 Å². The summed E-state index contributed by atoms with van der Waals surface area (Å²) in [7, 11) is 1.84. The van der Waals surface area contributed by atoms with E-state index in [9.17, 15) is 19.2 Å². The van der Waals surface area contributed by atoms with Crippen LogP contribution in [0.1, 0.15) is 63.2 Å². The van der Waals surface area contributed by atoms with Gasteiger partial charge in [0.25, 0.3) is 17.7 Å². The van der Waals surface area contributed by atoms with Gasteiger partial charge in [0, 0.05) is 24.1 Å². The van der Waals surface area contributed by atoms with Crippen molar-refractivity contribution < 1.29 is 19.2 Å². The molecule has 0 atom stereocenters. The van der Waals surface area contributed by atoms with Crippen LogP contribution in [0.5, 0.6) is 0 Å². The van der Waals surface area contributed by atoms with Crippen molar-refractivity contribution in [3.63, 3.8) is 0 Å². The van der Waals surface area contributed by atoms with Crippen LogP contribution < -0.4 is 16.2 Å². The van der Waals surface area contributed by atoms with Gasteiger partial charge < -0.3 is 9.88 Å². The Labute approximate surface area is 199 Å². The van der Waals surface area contributed by atoms with E-state index in [1.807, 2.05) is 35.9 Å². The molecule has 9 nitrogen and oxygen atoms in total. The number of carbonyl (C=O) groups excluding carboxylic acids is 4. The number of nitrogens with one attached hydrogen (secondary N) is 3. The number of amides is 5. The van der Waals surface area contributed by atoms with Crippen molar-refractivity contribution in [2.75, 3.05) is 6.54 Å². The molecule has 2 heterocycles. The second kappa shape index (κ2) is 8.77. The Morgan fingerprint density at radius 1 is 1.15 bits per heavy atom. The number of imide groups is 1. The lowest BCUT2D eigenvalue weighted by molar-refractivity contribution is -0.136. The number of fused-ring (bicyclic) bond motifs is 1. The van der Waals surface area contributed by atoms with Crippen LogP contribution in [0.2, 0.25) is 0 Å². The lowest BCUT2D eigenvalue weighted by Gasteiger charge is -2.42. The van der Waals surface area contributed by atoms with E-state index in [4.69, 9.17) is 0 Å². The average Bonchev–Trinajstić information content (AvgIpc) is 3.27. The molecule has 1 spiro atoms. The first-order chi connectivity index (χ1) is 16.1. The van der Waals surface area contributed by atoms with Crippen LogP contribution in [0.25, 0.3) is 10.9 Å². The molecular formula is C25H33N5O4. The minimum atomic E-state index is -0.927. The average molecular weight is 468 g/mol. The zero-order valence-corrected chi connectivity index (χ0v) is 20.2. The van der Waals surface area contributed by atoms with Gasteiger partial charge in [0.1, 0.15) is 12.1 Å². The van der Waals surface area contributed by atoms with Crippen molar-refractivity contribution in [1.82, 2.24) is 25.6 Å². The molecule has 2 fully saturated rings. The van der Waals surface area contributed by atoms with Crippen LogP contribution in [-0.4, -0.2) is 45.3 Å². The van der Waals surface area contributed by atoms with Crippen LogP contribution in [0, 0.1) is 11.3 Å². The summed E-state index contributed by atoms with van der Waals surface area (Å²) in [5, 5.41) is 3.60. The number of urea groups is 1. The monoisotopic (exact) mass is 467 g/mol. The van der Waals surface area contributed by atoms with Gasteiger partial charge in [-0.3, -0.25) is 30.1 Å². The molecule has 0 radical (unpaired) electrons. The Hall–Kier alpha value is -3.36. The molecule has 1 saturated heterocycles. The quantitative estimate of drug-likeness (QED) is 0.464. The van der Waals surface area contributed by atoms with Gasteiger partial charge in [-0.15, -0.1) is 0 Å². The minimum absolute atomic E-state index is 0.190. The third-order valence-corrected chi connectivity index (χ3v) is 7.86. The van der Waals surface area contributed by atoms with Gasteiger partial charge in [0.15, 0.2) is 0 Å². The fourth-order valence-corrected chi connectivity index (χ4v) is 5.24. The lowest BCUT2D eigenvalue weighted by Crippen LogP contribution is -2.51. The van der Waals surface area contributed by atoms with E-state index in [-0.39, 0.29) is 11.3 Å². The second-order valence-electron chi connectivity index (χ2n) is 10.2. The van der Waals surface area contributed by atoms with Gasteiger partial charge in [-0.1, -0.05) is 45.4 Å². The van der Waals surface area contributed by atoms with E-state index >= 15 is 0 Å². The highest BCUT2D eigenvalue weighted by atomic mass is 16.2. The van der Waals surface area contributed by atoms with Crippen molar-refractivity contribution in [1.29, 1.82) is 0 Å². The maximum Gasteiger partial charge on any atom is 0.325 e. The highest BCUT2D eigenvalue weighted by molar-refractivity contribution is 6.10. The summed E-state index contributed by atoms with van der Waals surface area (Å²) in [6.45, 7) is 6.21. The number of para-hydroxylation sites is 1. The maximum atomic E-state index is 13.1. The number of hydrogen-bond acceptors (Lipinski definition) is 4. The molecule has 2 aromatic rings. The fourth-order valence-electron chi connectivity index (χ4n) is 5.24. The largest absolute Gasteiger partial charge is 0.350 e. The second-order valence-corrected chi connectivity index (χ2v) is 10.2. The smallest absolute Gasteiger partial charge is 0.325 e. The van der Waals surface area contributed by atoms with Crippen LogP contribution >= 0.6 is 0 Å². The number of benzene rings is 1. The van der Waals surface area contributed by atoms with E-state index in [1.165, 1.54) is 0 Å². The SMILES string of the molecule is CCC(C)(C)C1CCC2(CC1)NC(=O)N(CC(=O)NNC(=O)c1cn(C)c3ccccc13)C2=O. The van der Waals surface area contributed by atoms with Crippen LogP contribution in [0.15, 0.2) is 30.5 Å². The third-order valence-electron chi connectivity index (χ3n) is 7.86. The molecule has 182 valence electrons. The summed E-state index contributed by atoms with van der Waals surface area (Å²) in [6, 6.07) is 6.88. The number of hydrazine groups is 1. The molecule has 4 rings (SSSR count). The highest BCUT2D eigenvalue weighted by Gasteiger charge is 2.53. The van der Waals surface area contributed by atoms with Gasteiger partial charge in [-0.2, -0.15) is 0 Å². The van der Waals surface area contributed by atoms with Crippen LogP contribution in [0.4, 0.5) is 4.79 Å². The molecule has 2 aliphatic rings. The van der Waals surface area contributed by atoms with Crippen molar-refractivity contribution in [2.24, 2.45) is 18.4 Å². The molecule has 34 heavy (non-hydrogen) atoms. The predicted molar refractivity (Wildman–Crippen MR) is 128 cm³/mol. The van der Waals surface area contributed by atoms with Crippen LogP contribution in [-0.2, 0) is 16.6 Å². The van der Waals surface area contributed by atoms with Crippen molar-refractivity contribution in [3.8, 4) is 0 Å². The van der Waals surface area contributed by atoms with E-state index in [2.05, 4.69) is 36.9 Å². The first-order valence-corrected chi connectivity index (χ1v) is 11.9. The molecule has 1 aliphatic carbocycles. The lowest BCUT2D eigenvalue weighted by atomic mass is 9.65. The molecule has 9 heteroatoms. The molecule has 3 N–H and O–H groups in total. The molecule has 0 bridgehead atoms. The molecular weight excluding hydrogens is 434 g/mol. The highest BCUT2D eigenvalue weighted by Crippen LogP contribution is 2.45. The summed E-state index contributed by atoms with van der Waals surface area (Å²) in [5.41, 5.74) is 5.28. The van der Waals surface area contributed by atoms with E-state index in [0.29, 0.717) is 24.3 Å². The number of nitrogens with zero attached hydrogens (tertiary/aromatic N) is 2. The number of aromatic nitrogens is 1. The zero-order chi connectivity index (χ0) is 24.7. The molecule has 1 aromatic heterocycles. The topological polar surface area (TPSA) is 113 Å². The molecule has 1 aliphatic heterocycles. The Kier molecular flexibility index (Phi) is 6.14. The van der Waals surface area contributed by atoms with Crippen molar-refractivity contribution in [2.45, 2.75) is 58.4 Å². The summed E-state index contributed by atoms with van der Waals surface area (Å²) < 4.78 is 1.83. The van der Waals surface area contributed by atoms with E-state index in [0.717, 1.165) is 35.1 Å². The Morgan fingerprint density at radius 3 is 2.50 bits per heavy atom. The van der Waals surface area contributed by atoms with Gasteiger partial charge in [-0.05, 0) is 43.1 Å². The van der Waals surface area contributed by atoms with Crippen LogP contribution in [0.3, 0.4) is 0 Å². The summed E-state index contributed by atoms with van der Waals surface area (Å²) in [5.74, 6) is -0.985. The number of carbonyl (C=O) groups is 4. The summed E-state index contributed by atoms with van der Waals surface area (Å²) >= 11 is 0. The number of hydrogen-bond donors (Lipinski definition) is 3. The first kappa shape index (κ1) is 23.8. The normalized spacial score (nSPS) is 22.8. The number of rotatable bonds is 5. The Morgan fingerprint density at radius 2 is 1.82 bits per heavy atom. The van der Waals surface area contributed by atoms with Crippen molar-refractivity contribution >= 4 is 34.7 Å². The Bertz CT molecular complexity index is 1140. The molecule has 1 aromatic carbocycles. The maximum absolute atomic E-state index is 13.1. The zero-order valence-electron chi connectivity index (χ0n) is 20.2. The standard InChI is InChI=1S/C25H33N5O4/c1-5-24(2,3)16-10-12-25(13-11-16)22(33)30(23(34)26-25)15-20(31)27-28-21(32)18-14-29(4)19-9-7-6-8-17(18)19/h6-9,14,16H,5,10-13,15H2,1-4H3,(H,26,34)(H,27,31)(H,28,32). The van der Waals surface area contributed by atoms with Crippen molar-refractivity contribution in [3.05, 3.63) is 36.0 Å². The predicted octanol–water partition coefficient (Wildman–Crippen LogP) is 2.86. The fraction of sp³-hybridized carbons (Fsp3) is 0.520. The van der Waals surface area contributed by atoms with Gasteiger partial charge in [0.2, 0.25) is 0 Å². The summed E-state index contributed by atoms with van der Waals surface area (Å²) in [6.07, 6.45) is 5.59. The van der Waals surface area contributed by atoms with E-state index in [1.54, 1.807) is 6.20 Å². The molecule has 1 saturated carbocycles. The summed E-state index contributed by atoms with van der Waals surface area (Å²) in [4.78, 5) is 51.8. The number of aryl methyl sites for hydroxylation is 1. The van der Waals surface area contributed by atoms with Gasteiger partial charge >= 0.3 is 6.03 Å². The molecule has 5 amide bonds. The minimum Gasteiger partial charge on any atom is -0.350 e. The first-order valence-electron chi connectivity index (χ1n) is 11.9. The third kappa shape index (κ3) is 4.15. The Balaban J connectivity index is 1.35.